The number of aryl methyl sites for hydroxylation is 1. The molecule has 2 heterocycles. The number of carbonyl (C=O) groups is 2. The second-order valence-corrected chi connectivity index (χ2v) is 6.57. The lowest BCUT2D eigenvalue weighted by Gasteiger charge is -2.20. The highest BCUT2D eigenvalue weighted by molar-refractivity contribution is 7.10. The van der Waals surface area contributed by atoms with E-state index >= 15 is 0 Å². The summed E-state index contributed by atoms with van der Waals surface area (Å²) in [4.78, 5) is 24.2. The zero-order valence-corrected chi connectivity index (χ0v) is 14.7. The number of rotatable bonds is 4. The number of carbonyl (C=O) groups excluding carboxylic acids is 2. The standard InChI is InChI=1S/C16H16F2N4O3S/c1-7-3-12(26-22-7)20-16(24)21-14-9(6-19-15(14)23)13-10(17)4-8(25-2)5-11(13)18/h3-5,9,14H,6H2,1-2H3,(H,19,23)(H2,20,21,24). The van der Waals surface area contributed by atoms with Gasteiger partial charge in [-0.15, -0.1) is 0 Å². The van der Waals surface area contributed by atoms with Gasteiger partial charge in [0.25, 0.3) is 0 Å². The van der Waals surface area contributed by atoms with Crippen LogP contribution in [0.2, 0.25) is 0 Å². The van der Waals surface area contributed by atoms with Crippen LogP contribution in [0.3, 0.4) is 0 Å². The third-order valence-electron chi connectivity index (χ3n) is 3.99. The summed E-state index contributed by atoms with van der Waals surface area (Å²) in [5.41, 5.74) is 0.465. The average Bonchev–Trinajstić information content (AvgIpc) is 3.14. The summed E-state index contributed by atoms with van der Waals surface area (Å²) in [6.45, 7) is 1.78. The Balaban J connectivity index is 1.80. The van der Waals surface area contributed by atoms with Crippen molar-refractivity contribution in [2.24, 2.45) is 0 Å². The normalized spacial score (nSPS) is 19.2. The van der Waals surface area contributed by atoms with Gasteiger partial charge in [0.05, 0.1) is 12.8 Å². The average molecular weight is 382 g/mol. The zero-order chi connectivity index (χ0) is 18.8. The molecular formula is C16H16F2N4O3S. The number of methoxy groups -OCH3 is 1. The van der Waals surface area contributed by atoms with Crippen molar-refractivity contribution >= 4 is 28.5 Å². The monoisotopic (exact) mass is 382 g/mol. The highest BCUT2D eigenvalue weighted by Gasteiger charge is 2.40. The van der Waals surface area contributed by atoms with Crippen molar-refractivity contribution in [3.05, 3.63) is 41.1 Å². The Hall–Kier alpha value is -2.75. The number of nitrogens with zero attached hydrogens (tertiary/aromatic N) is 1. The molecule has 1 fully saturated rings. The fourth-order valence-electron chi connectivity index (χ4n) is 2.80. The van der Waals surface area contributed by atoms with Gasteiger partial charge in [0.1, 0.15) is 28.4 Å². The highest BCUT2D eigenvalue weighted by Crippen LogP contribution is 2.31. The first-order valence-corrected chi connectivity index (χ1v) is 8.48. The Bertz CT molecular complexity index is 835. The van der Waals surface area contributed by atoms with E-state index in [1.165, 1.54) is 7.11 Å². The van der Waals surface area contributed by atoms with E-state index in [2.05, 4.69) is 20.3 Å². The van der Waals surface area contributed by atoms with Gasteiger partial charge in [-0.3, -0.25) is 10.1 Å². The lowest BCUT2D eigenvalue weighted by atomic mass is 9.93. The van der Waals surface area contributed by atoms with Crippen LogP contribution in [0.1, 0.15) is 17.2 Å². The van der Waals surface area contributed by atoms with Crippen LogP contribution < -0.4 is 20.7 Å². The number of aromatic nitrogens is 1. The number of hydrogen-bond acceptors (Lipinski definition) is 5. The van der Waals surface area contributed by atoms with Crippen LogP contribution in [0.5, 0.6) is 5.75 Å². The third-order valence-corrected chi connectivity index (χ3v) is 4.79. The van der Waals surface area contributed by atoms with Crippen LogP contribution in [-0.4, -0.2) is 36.0 Å². The van der Waals surface area contributed by atoms with E-state index in [1.54, 1.807) is 13.0 Å². The number of benzene rings is 1. The molecule has 2 aromatic rings. The molecule has 0 spiro atoms. The van der Waals surface area contributed by atoms with Crippen LogP contribution in [0.4, 0.5) is 18.6 Å². The zero-order valence-electron chi connectivity index (χ0n) is 13.9. The van der Waals surface area contributed by atoms with E-state index in [1.807, 2.05) is 0 Å². The van der Waals surface area contributed by atoms with Crippen LogP contribution in [0.15, 0.2) is 18.2 Å². The van der Waals surface area contributed by atoms with Gasteiger partial charge in [-0.1, -0.05) is 0 Å². The molecule has 7 nitrogen and oxygen atoms in total. The summed E-state index contributed by atoms with van der Waals surface area (Å²) in [6.07, 6.45) is 0. The number of urea groups is 1. The van der Waals surface area contributed by atoms with Crippen molar-refractivity contribution in [2.45, 2.75) is 18.9 Å². The van der Waals surface area contributed by atoms with Gasteiger partial charge in [0, 0.05) is 30.2 Å². The molecule has 3 N–H and O–H groups in total. The van der Waals surface area contributed by atoms with E-state index in [4.69, 9.17) is 4.74 Å². The minimum Gasteiger partial charge on any atom is -0.497 e. The van der Waals surface area contributed by atoms with Gasteiger partial charge in [0.2, 0.25) is 5.91 Å². The molecule has 0 saturated carbocycles. The second kappa shape index (κ2) is 7.24. The second-order valence-electron chi connectivity index (χ2n) is 5.77. The van der Waals surface area contributed by atoms with E-state index < -0.39 is 35.5 Å². The molecular weight excluding hydrogens is 366 g/mol. The topological polar surface area (TPSA) is 92.4 Å². The first-order chi connectivity index (χ1) is 12.4. The van der Waals surface area contributed by atoms with Crippen molar-refractivity contribution < 1.29 is 23.1 Å². The fraction of sp³-hybridized carbons (Fsp3) is 0.312. The molecule has 0 aliphatic carbocycles. The summed E-state index contributed by atoms with van der Waals surface area (Å²) < 4.78 is 37.5. The SMILES string of the molecule is COc1cc(F)c(C2CNC(=O)C2NC(=O)Nc2cc(C)ns2)c(F)c1. The Morgan fingerprint density at radius 3 is 2.62 bits per heavy atom. The molecule has 1 saturated heterocycles. The molecule has 3 amide bonds. The van der Waals surface area contributed by atoms with E-state index in [-0.39, 0.29) is 17.9 Å². The highest BCUT2D eigenvalue weighted by atomic mass is 32.1. The minimum atomic E-state index is -1.11. The molecule has 1 aliphatic rings. The molecule has 0 radical (unpaired) electrons. The van der Waals surface area contributed by atoms with Gasteiger partial charge < -0.3 is 15.4 Å². The van der Waals surface area contributed by atoms with Gasteiger partial charge >= 0.3 is 6.03 Å². The van der Waals surface area contributed by atoms with Crippen LogP contribution in [0.25, 0.3) is 0 Å². The number of halogens is 2. The Labute approximate surface area is 151 Å². The van der Waals surface area contributed by atoms with Gasteiger partial charge in [0.15, 0.2) is 0 Å². The Morgan fingerprint density at radius 2 is 2.04 bits per heavy atom. The molecule has 2 unspecified atom stereocenters. The summed E-state index contributed by atoms with van der Waals surface area (Å²) in [7, 11) is 1.30. The van der Waals surface area contributed by atoms with Crippen LogP contribution in [-0.2, 0) is 4.79 Å². The first kappa shape index (κ1) is 18.1. The molecule has 2 atom stereocenters. The molecule has 1 aromatic heterocycles. The van der Waals surface area contributed by atoms with E-state index in [9.17, 15) is 18.4 Å². The van der Waals surface area contributed by atoms with Gasteiger partial charge in [-0.2, -0.15) is 4.37 Å². The molecule has 0 bridgehead atoms. The van der Waals surface area contributed by atoms with Crippen LogP contribution >= 0.6 is 11.5 Å². The van der Waals surface area contributed by atoms with Crippen molar-refractivity contribution in [1.29, 1.82) is 0 Å². The predicted molar refractivity (Wildman–Crippen MR) is 91.5 cm³/mol. The number of nitrogens with one attached hydrogen (secondary N) is 3. The summed E-state index contributed by atoms with van der Waals surface area (Å²) in [5, 5.41) is 8.03. The molecule has 1 aliphatic heterocycles. The number of amides is 3. The number of hydrogen-bond donors (Lipinski definition) is 3. The molecule has 138 valence electrons. The maximum absolute atomic E-state index is 14.3. The lowest BCUT2D eigenvalue weighted by molar-refractivity contribution is -0.120. The van der Waals surface area contributed by atoms with Crippen molar-refractivity contribution in [3.8, 4) is 5.75 Å². The number of anilines is 1. The first-order valence-electron chi connectivity index (χ1n) is 7.70. The largest absolute Gasteiger partial charge is 0.497 e. The summed E-state index contributed by atoms with van der Waals surface area (Å²) in [6, 6.07) is 1.98. The van der Waals surface area contributed by atoms with Crippen molar-refractivity contribution in [3.63, 3.8) is 0 Å². The van der Waals surface area contributed by atoms with Crippen LogP contribution in [0, 0.1) is 18.6 Å². The fourth-order valence-corrected chi connectivity index (χ4v) is 3.46. The lowest BCUT2D eigenvalue weighted by Crippen LogP contribution is -2.45. The summed E-state index contributed by atoms with van der Waals surface area (Å²) >= 11 is 1.09. The third kappa shape index (κ3) is 3.59. The van der Waals surface area contributed by atoms with Gasteiger partial charge in [-0.25, -0.2) is 13.6 Å². The molecule has 10 heteroatoms. The van der Waals surface area contributed by atoms with Gasteiger partial charge in [-0.05, 0) is 24.5 Å². The Morgan fingerprint density at radius 1 is 1.35 bits per heavy atom. The summed E-state index contributed by atoms with van der Waals surface area (Å²) in [5.74, 6) is -3.05. The molecule has 26 heavy (non-hydrogen) atoms. The molecule has 1 aromatic carbocycles. The quantitative estimate of drug-likeness (QED) is 0.756. The Kier molecular flexibility index (Phi) is 5.03. The van der Waals surface area contributed by atoms with Crippen molar-refractivity contribution in [1.82, 2.24) is 15.0 Å². The maximum atomic E-state index is 14.3. The smallest absolute Gasteiger partial charge is 0.320 e. The van der Waals surface area contributed by atoms with Crippen molar-refractivity contribution in [2.75, 3.05) is 19.0 Å². The maximum Gasteiger partial charge on any atom is 0.320 e. The van der Waals surface area contributed by atoms with E-state index in [0.29, 0.717) is 5.00 Å². The number of ether oxygens (including phenoxy) is 1. The van der Waals surface area contributed by atoms with E-state index in [0.717, 1.165) is 29.4 Å². The minimum absolute atomic E-state index is 0.00359. The predicted octanol–water partition coefficient (Wildman–Crippen LogP) is 2.14. The molecule has 3 rings (SSSR count).